The second-order valence-corrected chi connectivity index (χ2v) is 8.30. The van der Waals surface area contributed by atoms with Crippen molar-refractivity contribution < 1.29 is 8.94 Å². The van der Waals surface area contributed by atoms with Crippen molar-refractivity contribution in [1.29, 1.82) is 0 Å². The van der Waals surface area contributed by atoms with Crippen LogP contribution in [0, 0.1) is 13.8 Å². The molecule has 164 valence electrons. The summed E-state index contributed by atoms with van der Waals surface area (Å²) in [4.78, 5) is 9.22. The van der Waals surface area contributed by atoms with Gasteiger partial charge >= 0.3 is 0 Å². The molecule has 0 bridgehead atoms. The average molecular weight is 431 g/mol. The quantitative estimate of drug-likeness (QED) is 0.458. The van der Waals surface area contributed by atoms with E-state index in [1.165, 1.54) is 11.1 Å². The summed E-state index contributed by atoms with van der Waals surface area (Å²) in [6, 6.07) is 16.2. The SMILES string of the molecule is Cc1ccc(-c2noc(CN3CCN(Cc4nnc(-c5cccc(C)c5)o4)CC3)n2)cc1. The molecule has 4 aromatic rings. The number of piperazine rings is 1. The Bertz CT molecular complexity index is 1180. The van der Waals surface area contributed by atoms with Gasteiger partial charge in [-0.1, -0.05) is 52.7 Å². The van der Waals surface area contributed by atoms with Crippen LogP contribution in [-0.4, -0.2) is 56.3 Å². The summed E-state index contributed by atoms with van der Waals surface area (Å²) in [5.41, 5.74) is 4.31. The summed E-state index contributed by atoms with van der Waals surface area (Å²) < 4.78 is 11.4. The van der Waals surface area contributed by atoms with Gasteiger partial charge in [0, 0.05) is 37.3 Å². The molecule has 1 aliphatic heterocycles. The van der Waals surface area contributed by atoms with Crippen LogP contribution in [0.2, 0.25) is 0 Å². The van der Waals surface area contributed by atoms with Crippen molar-refractivity contribution in [1.82, 2.24) is 30.1 Å². The Morgan fingerprint density at radius 2 is 1.50 bits per heavy atom. The lowest BCUT2D eigenvalue weighted by atomic mass is 10.1. The van der Waals surface area contributed by atoms with Crippen LogP contribution in [0.5, 0.6) is 0 Å². The molecule has 1 saturated heterocycles. The second-order valence-electron chi connectivity index (χ2n) is 8.30. The lowest BCUT2D eigenvalue weighted by Gasteiger charge is -2.32. The summed E-state index contributed by atoms with van der Waals surface area (Å²) in [6.07, 6.45) is 0. The topological polar surface area (TPSA) is 84.3 Å². The van der Waals surface area contributed by atoms with Gasteiger partial charge in [-0.2, -0.15) is 4.98 Å². The Balaban J connectivity index is 1.13. The first-order valence-electron chi connectivity index (χ1n) is 10.9. The van der Waals surface area contributed by atoms with E-state index in [0.29, 0.717) is 36.6 Å². The molecule has 8 nitrogen and oxygen atoms in total. The van der Waals surface area contributed by atoms with Crippen LogP contribution in [0.4, 0.5) is 0 Å². The summed E-state index contributed by atoms with van der Waals surface area (Å²) in [6.45, 7) is 9.10. The van der Waals surface area contributed by atoms with E-state index in [2.05, 4.69) is 68.3 Å². The van der Waals surface area contributed by atoms with Crippen LogP contribution in [0.1, 0.15) is 22.9 Å². The minimum absolute atomic E-state index is 0.572. The lowest BCUT2D eigenvalue weighted by molar-refractivity contribution is 0.106. The number of rotatable bonds is 6. The Morgan fingerprint density at radius 1 is 0.781 bits per heavy atom. The Labute approximate surface area is 186 Å². The molecule has 5 rings (SSSR count). The van der Waals surface area contributed by atoms with Crippen LogP contribution in [0.15, 0.2) is 57.5 Å². The molecule has 0 amide bonds. The predicted molar refractivity (Wildman–Crippen MR) is 119 cm³/mol. The van der Waals surface area contributed by atoms with Crippen LogP contribution in [0.25, 0.3) is 22.8 Å². The Morgan fingerprint density at radius 3 is 2.22 bits per heavy atom. The highest BCUT2D eigenvalue weighted by molar-refractivity contribution is 5.54. The highest BCUT2D eigenvalue weighted by Gasteiger charge is 2.21. The van der Waals surface area contributed by atoms with Gasteiger partial charge in [0.15, 0.2) is 0 Å². The number of benzene rings is 2. The molecule has 0 spiro atoms. The monoisotopic (exact) mass is 430 g/mol. The van der Waals surface area contributed by atoms with Crippen molar-refractivity contribution in [2.45, 2.75) is 26.9 Å². The summed E-state index contributed by atoms with van der Waals surface area (Å²) in [5, 5.41) is 12.6. The van der Waals surface area contributed by atoms with Crippen LogP contribution in [-0.2, 0) is 13.1 Å². The first-order valence-corrected chi connectivity index (χ1v) is 10.9. The third-order valence-corrected chi connectivity index (χ3v) is 5.69. The molecule has 0 unspecified atom stereocenters. The van der Waals surface area contributed by atoms with Crippen molar-refractivity contribution in [3.05, 3.63) is 71.4 Å². The largest absolute Gasteiger partial charge is 0.419 e. The maximum absolute atomic E-state index is 5.89. The fourth-order valence-corrected chi connectivity index (χ4v) is 3.84. The van der Waals surface area contributed by atoms with Crippen molar-refractivity contribution in [2.75, 3.05) is 26.2 Å². The van der Waals surface area contributed by atoms with Gasteiger partial charge in [0.05, 0.1) is 13.1 Å². The van der Waals surface area contributed by atoms with Crippen LogP contribution >= 0.6 is 0 Å². The van der Waals surface area contributed by atoms with E-state index in [-0.39, 0.29) is 0 Å². The molecule has 1 fully saturated rings. The zero-order valence-corrected chi connectivity index (χ0v) is 18.4. The smallest absolute Gasteiger partial charge is 0.247 e. The third kappa shape index (κ3) is 4.76. The van der Waals surface area contributed by atoms with Crippen LogP contribution in [0.3, 0.4) is 0 Å². The summed E-state index contributed by atoms with van der Waals surface area (Å²) >= 11 is 0. The molecule has 2 aromatic carbocycles. The summed E-state index contributed by atoms with van der Waals surface area (Å²) in [7, 11) is 0. The van der Waals surface area contributed by atoms with Gasteiger partial charge in [0.2, 0.25) is 23.5 Å². The van der Waals surface area contributed by atoms with Crippen molar-refractivity contribution in [2.24, 2.45) is 0 Å². The number of hydrogen-bond donors (Lipinski definition) is 0. The number of hydrogen-bond acceptors (Lipinski definition) is 8. The van der Waals surface area contributed by atoms with E-state index in [1.54, 1.807) is 0 Å². The van der Waals surface area contributed by atoms with Gasteiger partial charge < -0.3 is 8.94 Å². The Hall–Kier alpha value is -3.36. The molecule has 1 aliphatic rings. The van der Waals surface area contributed by atoms with Crippen molar-refractivity contribution in [3.8, 4) is 22.8 Å². The zero-order valence-electron chi connectivity index (χ0n) is 18.4. The molecular weight excluding hydrogens is 404 g/mol. The molecule has 2 aromatic heterocycles. The molecule has 0 saturated carbocycles. The molecule has 0 N–H and O–H groups in total. The molecule has 3 heterocycles. The maximum atomic E-state index is 5.89. The second kappa shape index (κ2) is 9.02. The maximum Gasteiger partial charge on any atom is 0.247 e. The van der Waals surface area contributed by atoms with E-state index in [1.807, 2.05) is 24.3 Å². The molecule has 32 heavy (non-hydrogen) atoms. The predicted octanol–water partition coefficient (Wildman–Crippen LogP) is 3.72. The van der Waals surface area contributed by atoms with Gasteiger partial charge in [-0.15, -0.1) is 10.2 Å². The van der Waals surface area contributed by atoms with Gasteiger partial charge in [-0.3, -0.25) is 9.80 Å². The van der Waals surface area contributed by atoms with E-state index in [0.717, 1.165) is 37.3 Å². The molecule has 0 atom stereocenters. The number of aryl methyl sites for hydroxylation is 2. The van der Waals surface area contributed by atoms with E-state index in [4.69, 9.17) is 8.94 Å². The fourth-order valence-electron chi connectivity index (χ4n) is 3.84. The summed E-state index contributed by atoms with van der Waals surface area (Å²) in [5.74, 6) is 2.51. The first kappa shape index (κ1) is 20.5. The van der Waals surface area contributed by atoms with Gasteiger partial charge in [0.1, 0.15) is 0 Å². The van der Waals surface area contributed by atoms with E-state index >= 15 is 0 Å². The van der Waals surface area contributed by atoms with Crippen molar-refractivity contribution in [3.63, 3.8) is 0 Å². The Kier molecular flexibility index (Phi) is 5.79. The highest BCUT2D eigenvalue weighted by atomic mass is 16.5. The first-order chi connectivity index (χ1) is 15.6. The molecule has 0 radical (unpaired) electrons. The third-order valence-electron chi connectivity index (χ3n) is 5.69. The minimum Gasteiger partial charge on any atom is -0.419 e. The molecular formula is C24H26N6O2. The van der Waals surface area contributed by atoms with Gasteiger partial charge in [-0.25, -0.2) is 0 Å². The van der Waals surface area contributed by atoms with E-state index in [9.17, 15) is 0 Å². The molecule has 0 aliphatic carbocycles. The number of nitrogens with zero attached hydrogens (tertiary/aromatic N) is 6. The van der Waals surface area contributed by atoms with Gasteiger partial charge in [0.25, 0.3) is 0 Å². The standard InChI is InChI=1S/C24H26N6O2/c1-17-6-8-19(9-7-17)23-25-21(32-28-23)15-29-10-12-30(13-11-29)16-22-26-27-24(31-22)20-5-3-4-18(2)14-20/h3-9,14H,10-13,15-16H2,1-2H3. The van der Waals surface area contributed by atoms with Gasteiger partial charge in [-0.05, 0) is 26.0 Å². The molecule has 8 heteroatoms. The van der Waals surface area contributed by atoms with Crippen LogP contribution < -0.4 is 0 Å². The highest BCUT2D eigenvalue weighted by Crippen LogP contribution is 2.20. The average Bonchev–Trinajstić information content (AvgIpc) is 3.46. The van der Waals surface area contributed by atoms with Crippen molar-refractivity contribution >= 4 is 0 Å². The normalized spacial score (nSPS) is 15.3. The minimum atomic E-state index is 0.572. The number of aromatic nitrogens is 4. The zero-order chi connectivity index (χ0) is 21.9. The fraction of sp³-hybridized carbons (Fsp3) is 0.333. The lowest BCUT2D eigenvalue weighted by Crippen LogP contribution is -2.45. The van der Waals surface area contributed by atoms with E-state index < -0.39 is 0 Å².